The summed E-state index contributed by atoms with van der Waals surface area (Å²) in [5.41, 5.74) is 2.31. The number of carbonyl (C=O) groups is 2. The van der Waals surface area contributed by atoms with Crippen molar-refractivity contribution in [1.29, 1.82) is 0 Å². The number of nitrogens with one attached hydrogen (secondary N) is 3. The number of rotatable bonds is 10. The highest BCUT2D eigenvalue weighted by Gasteiger charge is 2.13. The van der Waals surface area contributed by atoms with Crippen LogP contribution in [0, 0.1) is 0 Å². The molecule has 0 unspecified atom stereocenters. The van der Waals surface area contributed by atoms with E-state index >= 15 is 0 Å². The Hall–Kier alpha value is -4.00. The molecule has 0 atom stereocenters. The molecule has 3 N–H and O–H groups in total. The zero-order valence-corrected chi connectivity index (χ0v) is 18.2. The molecule has 0 radical (unpaired) electrons. The van der Waals surface area contributed by atoms with Gasteiger partial charge in [0.05, 0.1) is 25.3 Å². The fourth-order valence-corrected chi connectivity index (χ4v) is 3.06. The fourth-order valence-electron chi connectivity index (χ4n) is 3.06. The van der Waals surface area contributed by atoms with Crippen LogP contribution in [0.3, 0.4) is 0 Å². The number of carbonyl (C=O) groups excluding carboxylic acids is 2. The average molecular weight is 434 g/mol. The average Bonchev–Trinajstić information content (AvgIpc) is 2.80. The van der Waals surface area contributed by atoms with E-state index in [9.17, 15) is 9.59 Å². The van der Waals surface area contributed by atoms with Crippen molar-refractivity contribution in [2.75, 3.05) is 35.7 Å². The van der Waals surface area contributed by atoms with Crippen LogP contribution in [0.25, 0.3) is 0 Å². The van der Waals surface area contributed by atoms with E-state index in [-0.39, 0.29) is 18.4 Å². The molecule has 166 valence electrons. The summed E-state index contributed by atoms with van der Waals surface area (Å²) in [6, 6.07) is 21.5. The summed E-state index contributed by atoms with van der Waals surface area (Å²) in [4.78, 5) is 25.2. The van der Waals surface area contributed by atoms with Gasteiger partial charge in [-0.1, -0.05) is 30.3 Å². The number of amides is 2. The van der Waals surface area contributed by atoms with E-state index in [4.69, 9.17) is 9.47 Å². The van der Waals surface area contributed by atoms with Crippen LogP contribution >= 0.6 is 0 Å². The Balaban J connectivity index is 1.63. The van der Waals surface area contributed by atoms with Gasteiger partial charge in [0.25, 0.3) is 5.91 Å². The Labute approximate surface area is 187 Å². The van der Waals surface area contributed by atoms with Crippen LogP contribution in [-0.2, 0) is 4.79 Å². The second-order valence-electron chi connectivity index (χ2n) is 6.80. The van der Waals surface area contributed by atoms with Gasteiger partial charge in [-0.2, -0.15) is 0 Å². The number of para-hydroxylation sites is 2. The zero-order chi connectivity index (χ0) is 22.8. The van der Waals surface area contributed by atoms with E-state index in [2.05, 4.69) is 16.0 Å². The van der Waals surface area contributed by atoms with Crippen LogP contribution in [-0.4, -0.2) is 31.6 Å². The van der Waals surface area contributed by atoms with Gasteiger partial charge < -0.3 is 25.4 Å². The summed E-state index contributed by atoms with van der Waals surface area (Å²) >= 11 is 0. The minimum atomic E-state index is -0.257. The van der Waals surface area contributed by atoms with Crippen LogP contribution in [0.2, 0.25) is 0 Å². The van der Waals surface area contributed by atoms with Crippen molar-refractivity contribution in [3.8, 4) is 11.5 Å². The summed E-state index contributed by atoms with van der Waals surface area (Å²) in [7, 11) is 0. The predicted molar refractivity (Wildman–Crippen MR) is 127 cm³/mol. The largest absolute Gasteiger partial charge is 0.490 e. The summed E-state index contributed by atoms with van der Waals surface area (Å²) in [5, 5.41) is 8.73. The maximum Gasteiger partial charge on any atom is 0.257 e. The number of anilines is 3. The summed E-state index contributed by atoms with van der Waals surface area (Å²) < 4.78 is 11.1. The molecule has 0 aliphatic heterocycles. The summed E-state index contributed by atoms with van der Waals surface area (Å²) in [6.07, 6.45) is 0. The first-order valence-corrected chi connectivity index (χ1v) is 10.5. The summed E-state index contributed by atoms with van der Waals surface area (Å²) in [5.74, 6) is 0.689. The second-order valence-corrected chi connectivity index (χ2v) is 6.80. The first-order valence-electron chi connectivity index (χ1n) is 10.5. The number of benzene rings is 3. The van der Waals surface area contributed by atoms with Crippen molar-refractivity contribution in [3.05, 3.63) is 78.4 Å². The molecule has 32 heavy (non-hydrogen) atoms. The van der Waals surface area contributed by atoms with Gasteiger partial charge >= 0.3 is 0 Å². The number of hydrogen-bond acceptors (Lipinski definition) is 5. The molecule has 0 bridgehead atoms. The van der Waals surface area contributed by atoms with Gasteiger partial charge in [-0.05, 0) is 50.2 Å². The van der Waals surface area contributed by atoms with Gasteiger partial charge in [-0.3, -0.25) is 9.59 Å². The predicted octanol–water partition coefficient (Wildman–Crippen LogP) is 4.79. The molecule has 0 fully saturated rings. The molecule has 2 amide bonds. The third-order valence-electron chi connectivity index (χ3n) is 4.47. The summed E-state index contributed by atoms with van der Waals surface area (Å²) in [6.45, 7) is 4.78. The Bertz CT molecular complexity index is 1050. The molecule has 0 aromatic heterocycles. The van der Waals surface area contributed by atoms with E-state index in [1.165, 1.54) is 0 Å². The van der Waals surface area contributed by atoms with Crippen LogP contribution < -0.4 is 25.4 Å². The number of ether oxygens (including phenoxy) is 2. The second kappa shape index (κ2) is 11.4. The van der Waals surface area contributed by atoms with Gasteiger partial charge in [-0.25, -0.2) is 0 Å². The van der Waals surface area contributed by atoms with Crippen molar-refractivity contribution in [2.45, 2.75) is 13.8 Å². The molecule has 3 rings (SSSR count). The Kier molecular flexibility index (Phi) is 8.09. The molecule has 0 saturated heterocycles. The van der Waals surface area contributed by atoms with E-state index in [0.29, 0.717) is 47.3 Å². The third-order valence-corrected chi connectivity index (χ3v) is 4.47. The maximum absolute atomic E-state index is 12.7. The minimum absolute atomic E-state index is 0.00713. The highest BCUT2D eigenvalue weighted by molar-refractivity contribution is 6.08. The lowest BCUT2D eigenvalue weighted by Gasteiger charge is -2.14. The van der Waals surface area contributed by atoms with Crippen LogP contribution in [0.15, 0.2) is 72.8 Å². The standard InChI is InChI=1S/C25H27N3O4/c1-3-31-22-15-14-19(16-23(22)32-4-2)27-24(29)17-26-21-13-9-8-12-20(21)25(30)28-18-10-6-5-7-11-18/h5-16,26H,3-4,17H2,1-2H3,(H,27,29)(H,28,30). The molecule has 3 aromatic carbocycles. The lowest BCUT2D eigenvalue weighted by atomic mass is 10.1. The minimum Gasteiger partial charge on any atom is -0.490 e. The van der Waals surface area contributed by atoms with Gasteiger partial charge in [0.15, 0.2) is 11.5 Å². The van der Waals surface area contributed by atoms with Gasteiger partial charge in [0.1, 0.15) is 0 Å². The van der Waals surface area contributed by atoms with E-state index in [1.54, 1.807) is 42.5 Å². The topological polar surface area (TPSA) is 88.7 Å². The normalized spacial score (nSPS) is 10.2. The maximum atomic E-state index is 12.7. The SMILES string of the molecule is CCOc1ccc(NC(=O)CNc2ccccc2C(=O)Nc2ccccc2)cc1OCC. The van der Waals surface area contributed by atoms with Crippen molar-refractivity contribution < 1.29 is 19.1 Å². The lowest BCUT2D eigenvalue weighted by molar-refractivity contribution is -0.114. The van der Waals surface area contributed by atoms with Crippen molar-refractivity contribution in [2.24, 2.45) is 0 Å². The molecular formula is C25H27N3O4. The smallest absolute Gasteiger partial charge is 0.257 e. The van der Waals surface area contributed by atoms with E-state index in [0.717, 1.165) is 0 Å². The molecule has 7 heteroatoms. The quantitative estimate of drug-likeness (QED) is 0.428. The van der Waals surface area contributed by atoms with Gasteiger partial charge in [-0.15, -0.1) is 0 Å². The highest BCUT2D eigenvalue weighted by atomic mass is 16.5. The first kappa shape index (κ1) is 22.7. The third kappa shape index (κ3) is 6.25. The zero-order valence-electron chi connectivity index (χ0n) is 18.2. The van der Waals surface area contributed by atoms with Crippen molar-refractivity contribution >= 4 is 28.9 Å². The molecule has 0 aliphatic rings. The van der Waals surface area contributed by atoms with Crippen LogP contribution in [0.4, 0.5) is 17.1 Å². The molecule has 0 heterocycles. The lowest BCUT2D eigenvalue weighted by Crippen LogP contribution is -2.23. The Morgan fingerprint density at radius 2 is 1.44 bits per heavy atom. The molecule has 3 aromatic rings. The molecule has 7 nitrogen and oxygen atoms in total. The van der Waals surface area contributed by atoms with Crippen LogP contribution in [0.5, 0.6) is 11.5 Å². The van der Waals surface area contributed by atoms with Crippen LogP contribution in [0.1, 0.15) is 24.2 Å². The van der Waals surface area contributed by atoms with Gasteiger partial charge in [0, 0.05) is 23.1 Å². The molecule has 0 saturated carbocycles. The highest BCUT2D eigenvalue weighted by Crippen LogP contribution is 2.30. The molecule has 0 spiro atoms. The fraction of sp³-hybridized carbons (Fsp3) is 0.200. The van der Waals surface area contributed by atoms with Gasteiger partial charge in [0.2, 0.25) is 5.91 Å². The monoisotopic (exact) mass is 433 g/mol. The Morgan fingerprint density at radius 3 is 2.19 bits per heavy atom. The molecule has 0 aliphatic carbocycles. The van der Waals surface area contributed by atoms with E-state index < -0.39 is 0 Å². The van der Waals surface area contributed by atoms with Crippen molar-refractivity contribution in [3.63, 3.8) is 0 Å². The first-order chi connectivity index (χ1) is 15.6. The van der Waals surface area contributed by atoms with E-state index in [1.807, 2.05) is 44.2 Å². The molecular weight excluding hydrogens is 406 g/mol. The number of hydrogen-bond donors (Lipinski definition) is 3. The Morgan fingerprint density at radius 1 is 0.750 bits per heavy atom. The van der Waals surface area contributed by atoms with Crippen molar-refractivity contribution in [1.82, 2.24) is 0 Å².